The first kappa shape index (κ1) is 27.3. The number of aliphatic hydroxyl groups excluding tert-OH is 1. The van der Waals surface area contributed by atoms with Crippen LogP contribution in [-0.4, -0.2) is 57.4 Å². The summed E-state index contributed by atoms with van der Waals surface area (Å²) in [6.45, 7) is 8.43. The standard InChI is InChI=1S/C24H29ClF2N6O3/c1-5-24(26,27)15(2)6-7-19(28-4)30-22(35)33-10-8-17(9-11-33)23(3)18(25)12-16(13-29-23)21-31-20(14-34)36-32-21/h6-8,12-13,29,34H,4-5,9-11,14H2,1-3H3,(H,30,35)/b15-6+,19-7+. The van der Waals surface area contributed by atoms with E-state index in [-0.39, 0.29) is 30.3 Å². The van der Waals surface area contributed by atoms with E-state index in [9.17, 15) is 13.6 Å². The van der Waals surface area contributed by atoms with Crippen LogP contribution in [0.4, 0.5) is 13.6 Å². The number of aromatic nitrogens is 2. The molecule has 1 unspecified atom stereocenters. The highest BCUT2D eigenvalue weighted by Crippen LogP contribution is 2.37. The van der Waals surface area contributed by atoms with Crippen LogP contribution in [0.15, 0.2) is 62.0 Å². The molecule has 1 aromatic heterocycles. The van der Waals surface area contributed by atoms with Gasteiger partial charge < -0.3 is 19.8 Å². The smallest absolute Gasteiger partial charge is 0.323 e. The number of amides is 2. The molecule has 2 aliphatic rings. The Balaban J connectivity index is 1.65. The average molecular weight is 523 g/mol. The lowest BCUT2D eigenvalue weighted by Gasteiger charge is -2.39. The summed E-state index contributed by atoms with van der Waals surface area (Å²) < 4.78 is 32.4. The molecule has 12 heteroatoms. The molecule has 0 radical (unpaired) electrons. The first-order chi connectivity index (χ1) is 17.0. The van der Waals surface area contributed by atoms with E-state index < -0.39 is 17.5 Å². The molecule has 3 heterocycles. The molecule has 0 aromatic carbocycles. The van der Waals surface area contributed by atoms with Crippen LogP contribution in [0.5, 0.6) is 0 Å². The van der Waals surface area contributed by atoms with Gasteiger partial charge in [0.15, 0.2) is 0 Å². The molecule has 1 atom stereocenters. The quantitative estimate of drug-likeness (QED) is 0.267. The van der Waals surface area contributed by atoms with Crippen molar-refractivity contribution in [2.75, 3.05) is 13.1 Å². The lowest BCUT2D eigenvalue weighted by molar-refractivity contribution is 0.0377. The summed E-state index contributed by atoms with van der Waals surface area (Å²) in [6, 6.07) is -0.417. The summed E-state index contributed by atoms with van der Waals surface area (Å²) in [6.07, 6.45) is 8.14. The number of nitrogens with one attached hydrogen (secondary N) is 2. The fourth-order valence-electron chi connectivity index (χ4n) is 3.66. The molecule has 2 aliphatic heterocycles. The van der Waals surface area contributed by atoms with E-state index in [1.165, 1.54) is 26.0 Å². The van der Waals surface area contributed by atoms with E-state index in [1.54, 1.807) is 17.2 Å². The molecule has 0 aliphatic carbocycles. The Morgan fingerprint density at radius 1 is 1.50 bits per heavy atom. The van der Waals surface area contributed by atoms with Crippen molar-refractivity contribution in [3.05, 3.63) is 64.2 Å². The molecule has 0 saturated carbocycles. The number of carbonyl (C=O) groups excluding carboxylic acids is 1. The van der Waals surface area contributed by atoms with Gasteiger partial charge in [0, 0.05) is 36.3 Å². The Hall–Kier alpha value is -3.31. The number of urea groups is 1. The third kappa shape index (κ3) is 5.90. The van der Waals surface area contributed by atoms with Gasteiger partial charge in [-0.15, -0.1) is 0 Å². The number of nitrogens with zero attached hydrogens (tertiary/aromatic N) is 4. The molecule has 3 rings (SSSR count). The second-order valence-electron chi connectivity index (χ2n) is 8.50. The topological polar surface area (TPSA) is 116 Å². The fourth-order valence-corrected chi connectivity index (χ4v) is 3.95. The number of dihydropyridines is 1. The van der Waals surface area contributed by atoms with E-state index in [0.717, 1.165) is 5.57 Å². The highest BCUT2D eigenvalue weighted by Gasteiger charge is 2.36. The molecule has 9 nitrogen and oxygen atoms in total. The molecule has 0 spiro atoms. The molecule has 0 fully saturated rings. The number of halogens is 3. The lowest BCUT2D eigenvalue weighted by Crippen LogP contribution is -2.48. The Morgan fingerprint density at radius 3 is 2.81 bits per heavy atom. The molecule has 0 bridgehead atoms. The predicted octanol–water partition coefficient (Wildman–Crippen LogP) is 4.26. The lowest BCUT2D eigenvalue weighted by atomic mass is 9.84. The number of allylic oxidation sites excluding steroid dienone is 5. The number of hydrogen-bond acceptors (Lipinski definition) is 7. The van der Waals surface area contributed by atoms with Crippen molar-refractivity contribution in [3.8, 4) is 0 Å². The maximum atomic E-state index is 13.7. The Bertz CT molecular complexity index is 1170. The summed E-state index contributed by atoms with van der Waals surface area (Å²) in [5, 5.41) is 19.3. The Labute approximate surface area is 213 Å². The van der Waals surface area contributed by atoms with Crippen LogP contribution in [0.1, 0.15) is 45.3 Å². The van der Waals surface area contributed by atoms with Crippen LogP contribution in [0.3, 0.4) is 0 Å². The summed E-state index contributed by atoms with van der Waals surface area (Å²) in [5.74, 6) is -2.44. The van der Waals surface area contributed by atoms with Crippen molar-refractivity contribution >= 4 is 29.9 Å². The van der Waals surface area contributed by atoms with E-state index in [0.29, 0.717) is 35.9 Å². The molecular weight excluding hydrogens is 494 g/mol. The first-order valence-electron chi connectivity index (χ1n) is 11.3. The molecule has 3 N–H and O–H groups in total. The highest BCUT2D eigenvalue weighted by molar-refractivity contribution is 6.32. The minimum Gasteiger partial charge on any atom is -0.387 e. The van der Waals surface area contributed by atoms with E-state index >= 15 is 0 Å². The number of carbonyl (C=O) groups is 1. The maximum absolute atomic E-state index is 13.7. The van der Waals surface area contributed by atoms with Crippen molar-refractivity contribution in [1.29, 1.82) is 0 Å². The van der Waals surface area contributed by atoms with Gasteiger partial charge in [0.25, 0.3) is 11.8 Å². The molecule has 36 heavy (non-hydrogen) atoms. The molecular formula is C24H29ClF2N6O3. The Kier molecular flexibility index (Phi) is 8.47. The maximum Gasteiger partial charge on any atom is 0.323 e. The van der Waals surface area contributed by atoms with E-state index in [2.05, 4.69) is 32.5 Å². The zero-order valence-corrected chi connectivity index (χ0v) is 21.1. The predicted molar refractivity (Wildman–Crippen MR) is 133 cm³/mol. The summed E-state index contributed by atoms with van der Waals surface area (Å²) in [4.78, 5) is 22.1. The van der Waals surface area contributed by atoms with Gasteiger partial charge >= 0.3 is 6.03 Å². The van der Waals surface area contributed by atoms with Crippen LogP contribution in [0, 0.1) is 0 Å². The number of hydrogen-bond donors (Lipinski definition) is 3. The van der Waals surface area contributed by atoms with Crippen LogP contribution >= 0.6 is 11.6 Å². The van der Waals surface area contributed by atoms with E-state index in [4.69, 9.17) is 21.2 Å². The third-order valence-electron chi connectivity index (χ3n) is 6.19. The largest absolute Gasteiger partial charge is 0.387 e. The van der Waals surface area contributed by atoms with Gasteiger partial charge in [-0.3, -0.25) is 5.32 Å². The summed E-state index contributed by atoms with van der Waals surface area (Å²) >= 11 is 6.63. The highest BCUT2D eigenvalue weighted by atomic mass is 35.5. The first-order valence-corrected chi connectivity index (χ1v) is 11.7. The number of aliphatic imine (C=N–C) groups is 1. The zero-order valence-electron chi connectivity index (χ0n) is 20.3. The van der Waals surface area contributed by atoms with Gasteiger partial charge in [-0.1, -0.05) is 35.8 Å². The summed E-state index contributed by atoms with van der Waals surface area (Å²) in [7, 11) is 0. The minimum atomic E-state index is -2.93. The van der Waals surface area contributed by atoms with Crippen LogP contribution in [0.2, 0.25) is 0 Å². The van der Waals surface area contributed by atoms with Crippen molar-refractivity contribution < 1.29 is 23.2 Å². The zero-order chi connectivity index (χ0) is 26.5. The normalized spacial score (nSPS) is 21.3. The van der Waals surface area contributed by atoms with Crippen molar-refractivity contribution in [3.63, 3.8) is 0 Å². The monoisotopic (exact) mass is 522 g/mol. The second-order valence-corrected chi connectivity index (χ2v) is 8.91. The van der Waals surface area contributed by atoms with Crippen molar-refractivity contribution in [2.24, 2.45) is 4.99 Å². The van der Waals surface area contributed by atoms with Gasteiger partial charge in [0.05, 0.1) is 5.54 Å². The number of rotatable bonds is 8. The van der Waals surface area contributed by atoms with Crippen LogP contribution in [-0.2, 0) is 6.61 Å². The van der Waals surface area contributed by atoms with Crippen LogP contribution in [0.25, 0.3) is 5.57 Å². The second kappa shape index (κ2) is 11.2. The SMILES string of the molecule is C=N/C(=C\C=C(/C)C(F)(F)CC)NC(=O)N1CC=C(C2(C)NC=C(c3noc(CO)n3)C=C2Cl)CC1. The molecule has 1 aromatic rings. The van der Waals surface area contributed by atoms with Crippen molar-refractivity contribution in [1.82, 2.24) is 25.7 Å². The van der Waals surface area contributed by atoms with Gasteiger partial charge in [0.1, 0.15) is 12.4 Å². The van der Waals surface area contributed by atoms with E-state index in [1.807, 2.05) is 13.0 Å². The third-order valence-corrected chi connectivity index (χ3v) is 6.68. The average Bonchev–Trinajstić information content (AvgIpc) is 3.37. The molecule has 194 valence electrons. The fraction of sp³-hybridized carbons (Fsp3) is 0.417. The van der Waals surface area contributed by atoms with Gasteiger partial charge in [-0.2, -0.15) is 4.98 Å². The van der Waals surface area contributed by atoms with Crippen LogP contribution < -0.4 is 10.6 Å². The number of alkyl halides is 2. The number of aliphatic hydroxyl groups is 1. The molecule has 0 saturated heterocycles. The minimum absolute atomic E-state index is 0.0800. The Morgan fingerprint density at radius 2 is 2.25 bits per heavy atom. The summed E-state index contributed by atoms with van der Waals surface area (Å²) in [5.41, 5.74) is 0.785. The molecule has 2 amide bonds. The van der Waals surface area contributed by atoms with Gasteiger partial charge in [-0.25, -0.2) is 18.6 Å². The van der Waals surface area contributed by atoms with Crippen molar-refractivity contribution in [2.45, 2.75) is 51.7 Å². The van der Waals surface area contributed by atoms with Gasteiger partial charge in [-0.05, 0) is 50.3 Å². The van der Waals surface area contributed by atoms with Gasteiger partial charge in [0.2, 0.25) is 5.82 Å².